The maximum absolute atomic E-state index is 11.3. The molecule has 0 aromatic carbocycles. The second-order valence-corrected chi connectivity index (χ2v) is 3.06. The Morgan fingerprint density at radius 2 is 2.50 bits per heavy atom. The summed E-state index contributed by atoms with van der Waals surface area (Å²) in [5.74, 6) is 0.680. The molecule has 0 atom stereocenters. The van der Waals surface area contributed by atoms with E-state index >= 15 is 0 Å². The molecule has 1 heterocycles. The van der Waals surface area contributed by atoms with E-state index in [9.17, 15) is 4.79 Å². The van der Waals surface area contributed by atoms with Crippen molar-refractivity contribution in [2.75, 3.05) is 13.2 Å². The fraction of sp³-hybridized carbons (Fsp3) is 0.556. The lowest BCUT2D eigenvalue weighted by molar-refractivity contribution is -0.120. The van der Waals surface area contributed by atoms with E-state index < -0.39 is 0 Å². The van der Waals surface area contributed by atoms with Gasteiger partial charge in [0.1, 0.15) is 5.82 Å². The Morgan fingerprint density at radius 1 is 1.71 bits per heavy atom. The van der Waals surface area contributed by atoms with Crippen LogP contribution < -0.4 is 5.32 Å². The van der Waals surface area contributed by atoms with Crippen molar-refractivity contribution in [1.29, 1.82) is 0 Å². The van der Waals surface area contributed by atoms with Gasteiger partial charge in [-0.05, 0) is 6.42 Å². The van der Waals surface area contributed by atoms with Gasteiger partial charge >= 0.3 is 0 Å². The number of hydrogen-bond donors (Lipinski definition) is 2. The Kier molecular flexibility index (Phi) is 4.12. The quantitative estimate of drug-likeness (QED) is 0.623. The second-order valence-electron chi connectivity index (χ2n) is 3.06. The van der Waals surface area contributed by atoms with Gasteiger partial charge in [-0.3, -0.25) is 4.79 Å². The lowest BCUT2D eigenvalue weighted by Gasteiger charge is -2.03. The molecule has 1 amide bonds. The lowest BCUT2D eigenvalue weighted by Crippen LogP contribution is -2.27. The highest BCUT2D eigenvalue weighted by Crippen LogP contribution is 1.94. The largest absolute Gasteiger partial charge is 0.396 e. The van der Waals surface area contributed by atoms with Crippen LogP contribution in [-0.4, -0.2) is 33.7 Å². The highest BCUT2D eigenvalue weighted by Gasteiger charge is 2.05. The minimum Gasteiger partial charge on any atom is -0.396 e. The zero-order chi connectivity index (χ0) is 10.4. The number of aliphatic hydroxyl groups is 1. The van der Waals surface area contributed by atoms with Gasteiger partial charge in [-0.15, -0.1) is 0 Å². The standard InChI is InChI=1S/C9H15N3O2/c1-12-5-4-10-8(12)7-9(14)11-3-2-6-13/h4-5,13H,2-3,6-7H2,1H3,(H,11,14). The van der Waals surface area contributed by atoms with Crippen molar-refractivity contribution in [1.82, 2.24) is 14.9 Å². The molecular formula is C9H15N3O2. The molecule has 0 saturated heterocycles. The first-order valence-corrected chi connectivity index (χ1v) is 4.58. The number of aliphatic hydroxyl groups excluding tert-OH is 1. The zero-order valence-corrected chi connectivity index (χ0v) is 8.23. The van der Waals surface area contributed by atoms with Crippen LogP contribution in [0.3, 0.4) is 0 Å². The number of aryl methyl sites for hydroxylation is 1. The molecule has 0 saturated carbocycles. The Hall–Kier alpha value is -1.36. The number of hydrogen-bond acceptors (Lipinski definition) is 3. The molecule has 0 aliphatic rings. The van der Waals surface area contributed by atoms with Gasteiger partial charge in [0, 0.05) is 32.6 Å². The van der Waals surface area contributed by atoms with E-state index in [0.29, 0.717) is 13.0 Å². The average Bonchev–Trinajstić information content (AvgIpc) is 2.52. The van der Waals surface area contributed by atoms with Crippen LogP contribution in [-0.2, 0) is 18.3 Å². The fourth-order valence-electron chi connectivity index (χ4n) is 1.08. The first-order chi connectivity index (χ1) is 6.74. The third kappa shape index (κ3) is 3.18. The summed E-state index contributed by atoms with van der Waals surface area (Å²) in [5, 5.41) is 11.2. The summed E-state index contributed by atoms with van der Waals surface area (Å²) in [6.45, 7) is 0.614. The second kappa shape index (κ2) is 5.39. The predicted octanol–water partition coefficient (Wildman–Crippen LogP) is -0.539. The van der Waals surface area contributed by atoms with Gasteiger partial charge in [0.05, 0.1) is 6.42 Å². The van der Waals surface area contributed by atoms with Crippen molar-refractivity contribution >= 4 is 5.91 Å². The highest BCUT2D eigenvalue weighted by molar-refractivity contribution is 5.77. The molecule has 1 aromatic heterocycles. The molecular weight excluding hydrogens is 182 g/mol. The Balaban J connectivity index is 2.31. The highest BCUT2D eigenvalue weighted by atomic mass is 16.3. The molecule has 5 nitrogen and oxygen atoms in total. The smallest absolute Gasteiger partial charge is 0.227 e. The summed E-state index contributed by atoms with van der Waals surface area (Å²) in [5.41, 5.74) is 0. The normalized spacial score (nSPS) is 10.1. The molecule has 78 valence electrons. The molecule has 5 heteroatoms. The van der Waals surface area contributed by atoms with Crippen LogP contribution in [0.2, 0.25) is 0 Å². The summed E-state index contributed by atoms with van der Waals surface area (Å²) in [7, 11) is 1.85. The molecule has 0 aliphatic heterocycles. The first kappa shape index (κ1) is 10.7. The summed E-state index contributed by atoms with van der Waals surface area (Å²) in [6.07, 6.45) is 4.34. The molecule has 1 aromatic rings. The zero-order valence-electron chi connectivity index (χ0n) is 8.23. The Morgan fingerprint density at radius 3 is 3.07 bits per heavy atom. The Labute approximate surface area is 82.8 Å². The van der Waals surface area contributed by atoms with Crippen LogP contribution >= 0.6 is 0 Å². The molecule has 0 fully saturated rings. The van der Waals surface area contributed by atoms with Gasteiger partial charge in [0.15, 0.2) is 0 Å². The van der Waals surface area contributed by atoms with E-state index in [0.717, 1.165) is 5.82 Å². The maximum atomic E-state index is 11.3. The van der Waals surface area contributed by atoms with Gasteiger partial charge < -0.3 is 15.0 Å². The van der Waals surface area contributed by atoms with E-state index in [1.54, 1.807) is 12.4 Å². The van der Waals surface area contributed by atoms with Crippen LogP contribution in [0.25, 0.3) is 0 Å². The van der Waals surface area contributed by atoms with Gasteiger partial charge in [0.2, 0.25) is 5.91 Å². The van der Waals surface area contributed by atoms with Crippen LogP contribution in [0, 0.1) is 0 Å². The molecule has 0 unspecified atom stereocenters. The third-order valence-electron chi connectivity index (χ3n) is 1.90. The maximum Gasteiger partial charge on any atom is 0.227 e. The summed E-state index contributed by atoms with van der Waals surface area (Å²) in [6, 6.07) is 0. The minimum atomic E-state index is -0.0623. The van der Waals surface area contributed by atoms with Gasteiger partial charge in [0.25, 0.3) is 0 Å². The SMILES string of the molecule is Cn1ccnc1CC(=O)NCCCO. The molecule has 0 aliphatic carbocycles. The molecule has 0 bridgehead atoms. The predicted molar refractivity (Wildman–Crippen MR) is 51.6 cm³/mol. The Bertz CT molecular complexity index is 296. The van der Waals surface area contributed by atoms with Crippen molar-refractivity contribution < 1.29 is 9.90 Å². The van der Waals surface area contributed by atoms with E-state index in [2.05, 4.69) is 10.3 Å². The summed E-state index contributed by atoms with van der Waals surface area (Å²) < 4.78 is 1.81. The van der Waals surface area contributed by atoms with Gasteiger partial charge in [-0.2, -0.15) is 0 Å². The molecule has 2 N–H and O–H groups in total. The number of amides is 1. The number of nitrogens with zero attached hydrogens (tertiary/aromatic N) is 2. The van der Waals surface area contributed by atoms with Crippen LogP contribution in [0.1, 0.15) is 12.2 Å². The van der Waals surface area contributed by atoms with E-state index in [4.69, 9.17) is 5.11 Å². The fourth-order valence-corrected chi connectivity index (χ4v) is 1.08. The monoisotopic (exact) mass is 197 g/mol. The number of rotatable bonds is 5. The van der Waals surface area contributed by atoms with E-state index in [-0.39, 0.29) is 18.9 Å². The first-order valence-electron chi connectivity index (χ1n) is 4.58. The summed E-state index contributed by atoms with van der Waals surface area (Å²) in [4.78, 5) is 15.3. The summed E-state index contributed by atoms with van der Waals surface area (Å²) >= 11 is 0. The number of carbonyl (C=O) groups excluding carboxylic acids is 1. The van der Waals surface area contributed by atoms with Crippen molar-refractivity contribution in [3.63, 3.8) is 0 Å². The minimum absolute atomic E-state index is 0.0623. The molecule has 0 spiro atoms. The van der Waals surface area contributed by atoms with Gasteiger partial charge in [-0.25, -0.2) is 4.98 Å². The number of nitrogens with one attached hydrogen (secondary N) is 1. The van der Waals surface area contributed by atoms with Crippen LogP contribution in [0.4, 0.5) is 0 Å². The van der Waals surface area contributed by atoms with Crippen LogP contribution in [0.5, 0.6) is 0 Å². The average molecular weight is 197 g/mol. The molecule has 1 rings (SSSR count). The topological polar surface area (TPSA) is 67.2 Å². The van der Waals surface area contributed by atoms with E-state index in [1.807, 2.05) is 11.6 Å². The van der Waals surface area contributed by atoms with Gasteiger partial charge in [-0.1, -0.05) is 0 Å². The van der Waals surface area contributed by atoms with Crippen molar-refractivity contribution in [3.05, 3.63) is 18.2 Å². The number of carbonyl (C=O) groups is 1. The number of aromatic nitrogens is 2. The molecule has 0 radical (unpaired) electrons. The third-order valence-corrected chi connectivity index (χ3v) is 1.90. The van der Waals surface area contributed by atoms with Crippen molar-refractivity contribution in [3.8, 4) is 0 Å². The molecule has 14 heavy (non-hydrogen) atoms. The number of imidazole rings is 1. The van der Waals surface area contributed by atoms with Crippen LogP contribution in [0.15, 0.2) is 12.4 Å². The van der Waals surface area contributed by atoms with E-state index in [1.165, 1.54) is 0 Å². The van der Waals surface area contributed by atoms with Crippen molar-refractivity contribution in [2.24, 2.45) is 7.05 Å². The van der Waals surface area contributed by atoms with Crippen molar-refractivity contribution in [2.45, 2.75) is 12.8 Å². The lowest BCUT2D eigenvalue weighted by atomic mass is 10.3.